The average Bonchev–Trinajstić information content (AvgIpc) is 2.90. The topological polar surface area (TPSA) is 41.1 Å². The van der Waals surface area contributed by atoms with Gasteiger partial charge in [-0.15, -0.1) is 11.3 Å². The Hall–Kier alpha value is -1.81. The fraction of sp³-hybridized carbons (Fsp3) is 0.267. The summed E-state index contributed by atoms with van der Waals surface area (Å²) in [4.78, 5) is 13.4. The smallest absolute Gasteiger partial charge is 0.253 e. The third kappa shape index (κ3) is 3.58. The normalized spacial score (nSPS) is 10.2. The van der Waals surface area contributed by atoms with Crippen LogP contribution in [-0.4, -0.2) is 12.5 Å². The molecule has 1 aromatic heterocycles. The monoisotopic (exact) mass is 274 g/mol. The van der Waals surface area contributed by atoms with Crippen LogP contribution < -0.4 is 10.6 Å². The number of amides is 1. The molecule has 3 nitrogen and oxygen atoms in total. The highest BCUT2D eigenvalue weighted by atomic mass is 32.1. The lowest BCUT2D eigenvalue weighted by Gasteiger charge is -2.11. The Morgan fingerprint density at radius 3 is 2.84 bits per heavy atom. The van der Waals surface area contributed by atoms with Crippen LogP contribution in [0.1, 0.15) is 27.7 Å². The second-order valence-corrected chi connectivity index (χ2v) is 5.37. The average molecular weight is 274 g/mol. The summed E-state index contributed by atoms with van der Waals surface area (Å²) in [5.41, 5.74) is 2.74. The van der Waals surface area contributed by atoms with Crippen LogP contribution in [-0.2, 0) is 6.54 Å². The number of hydrogen-bond acceptors (Lipinski definition) is 3. The van der Waals surface area contributed by atoms with Crippen molar-refractivity contribution in [1.29, 1.82) is 0 Å². The van der Waals surface area contributed by atoms with Gasteiger partial charge in [0, 0.05) is 17.1 Å². The molecule has 2 N–H and O–H groups in total. The Bertz CT molecular complexity index is 549. The molecular formula is C15H18N2OS. The van der Waals surface area contributed by atoms with Crippen LogP contribution in [0, 0.1) is 6.92 Å². The first-order chi connectivity index (χ1) is 9.20. The van der Waals surface area contributed by atoms with Crippen LogP contribution in [0.2, 0.25) is 0 Å². The summed E-state index contributed by atoms with van der Waals surface area (Å²) in [5, 5.41) is 8.20. The fourth-order valence-corrected chi connectivity index (χ4v) is 2.51. The van der Waals surface area contributed by atoms with Crippen molar-refractivity contribution in [3.05, 3.63) is 51.7 Å². The summed E-state index contributed by atoms with van der Waals surface area (Å²) >= 11 is 1.65. The number of anilines is 1. The Kier molecular flexibility index (Phi) is 4.58. The van der Waals surface area contributed by atoms with Crippen molar-refractivity contribution in [1.82, 2.24) is 5.32 Å². The molecule has 0 radical (unpaired) electrons. The lowest BCUT2D eigenvalue weighted by atomic mass is 10.1. The predicted octanol–water partition coefficient (Wildman–Crippen LogP) is 3.42. The van der Waals surface area contributed by atoms with E-state index in [4.69, 9.17) is 0 Å². The molecule has 0 aliphatic rings. The maximum absolute atomic E-state index is 12.2. The van der Waals surface area contributed by atoms with Gasteiger partial charge >= 0.3 is 0 Å². The molecule has 1 heterocycles. The van der Waals surface area contributed by atoms with Crippen molar-refractivity contribution in [3.8, 4) is 0 Å². The molecule has 19 heavy (non-hydrogen) atoms. The molecule has 0 aliphatic carbocycles. The van der Waals surface area contributed by atoms with Gasteiger partial charge in [0.2, 0.25) is 0 Å². The number of thiophene rings is 1. The number of aryl methyl sites for hydroxylation is 1. The van der Waals surface area contributed by atoms with Crippen molar-refractivity contribution in [2.75, 3.05) is 11.9 Å². The molecule has 0 unspecified atom stereocenters. The Morgan fingerprint density at radius 1 is 1.32 bits per heavy atom. The third-order valence-electron chi connectivity index (χ3n) is 2.79. The second kappa shape index (κ2) is 6.38. The maximum Gasteiger partial charge on any atom is 0.253 e. The van der Waals surface area contributed by atoms with E-state index < -0.39 is 0 Å². The zero-order valence-corrected chi connectivity index (χ0v) is 12.0. The summed E-state index contributed by atoms with van der Waals surface area (Å²) in [6, 6.07) is 9.84. The molecule has 0 spiro atoms. The summed E-state index contributed by atoms with van der Waals surface area (Å²) in [6.07, 6.45) is 0. The molecule has 1 aromatic carbocycles. The van der Waals surface area contributed by atoms with E-state index >= 15 is 0 Å². The number of nitrogens with one attached hydrogen (secondary N) is 2. The van der Waals surface area contributed by atoms with Gasteiger partial charge in [0.25, 0.3) is 5.91 Å². The minimum Gasteiger partial charge on any atom is -0.385 e. The zero-order chi connectivity index (χ0) is 13.7. The van der Waals surface area contributed by atoms with Gasteiger partial charge in [-0.3, -0.25) is 4.79 Å². The van der Waals surface area contributed by atoms with E-state index in [1.165, 1.54) is 0 Å². The van der Waals surface area contributed by atoms with Crippen molar-refractivity contribution in [2.45, 2.75) is 20.4 Å². The number of benzene rings is 1. The molecule has 0 fully saturated rings. The molecule has 100 valence electrons. The summed E-state index contributed by atoms with van der Waals surface area (Å²) in [7, 11) is 0. The number of carbonyl (C=O) groups excluding carboxylic acids is 1. The first kappa shape index (κ1) is 13.6. The highest BCUT2D eigenvalue weighted by Gasteiger charge is 2.10. The Balaban J connectivity index is 2.09. The molecule has 0 atom stereocenters. The standard InChI is InChI=1S/C15H18N2OS/c1-3-16-14-9-11(2)6-7-13(14)15(18)17-10-12-5-4-8-19-12/h4-9,16H,3,10H2,1-2H3,(H,17,18). The molecule has 0 saturated carbocycles. The van der Waals surface area contributed by atoms with E-state index in [1.54, 1.807) is 11.3 Å². The van der Waals surface area contributed by atoms with Crippen LogP contribution in [0.4, 0.5) is 5.69 Å². The fourth-order valence-electron chi connectivity index (χ4n) is 1.87. The van der Waals surface area contributed by atoms with Crippen molar-refractivity contribution < 1.29 is 4.79 Å². The lowest BCUT2D eigenvalue weighted by Crippen LogP contribution is -2.23. The maximum atomic E-state index is 12.2. The van der Waals surface area contributed by atoms with Gasteiger partial charge < -0.3 is 10.6 Å². The van der Waals surface area contributed by atoms with E-state index in [0.717, 1.165) is 22.7 Å². The summed E-state index contributed by atoms with van der Waals surface area (Å²) < 4.78 is 0. The number of hydrogen-bond donors (Lipinski definition) is 2. The van der Waals surface area contributed by atoms with Gasteiger partial charge in [-0.25, -0.2) is 0 Å². The van der Waals surface area contributed by atoms with Crippen molar-refractivity contribution >= 4 is 22.9 Å². The molecule has 2 rings (SSSR count). The Morgan fingerprint density at radius 2 is 2.16 bits per heavy atom. The van der Waals surface area contributed by atoms with Crippen LogP contribution >= 0.6 is 11.3 Å². The number of carbonyl (C=O) groups is 1. The van der Waals surface area contributed by atoms with Gasteiger partial charge in [-0.2, -0.15) is 0 Å². The molecular weight excluding hydrogens is 256 g/mol. The first-order valence-electron chi connectivity index (χ1n) is 6.36. The SMILES string of the molecule is CCNc1cc(C)ccc1C(=O)NCc1cccs1. The zero-order valence-electron chi connectivity index (χ0n) is 11.2. The highest BCUT2D eigenvalue weighted by molar-refractivity contribution is 7.09. The van der Waals surface area contributed by atoms with Gasteiger partial charge in [0.15, 0.2) is 0 Å². The highest BCUT2D eigenvalue weighted by Crippen LogP contribution is 2.18. The molecule has 0 saturated heterocycles. The lowest BCUT2D eigenvalue weighted by molar-refractivity contribution is 0.0952. The van der Waals surface area contributed by atoms with E-state index in [-0.39, 0.29) is 5.91 Å². The van der Waals surface area contributed by atoms with E-state index in [2.05, 4.69) is 10.6 Å². The van der Waals surface area contributed by atoms with Crippen LogP contribution in [0.25, 0.3) is 0 Å². The van der Waals surface area contributed by atoms with E-state index in [9.17, 15) is 4.79 Å². The number of rotatable bonds is 5. The van der Waals surface area contributed by atoms with Crippen molar-refractivity contribution in [3.63, 3.8) is 0 Å². The van der Waals surface area contributed by atoms with E-state index in [1.807, 2.05) is 49.6 Å². The van der Waals surface area contributed by atoms with E-state index in [0.29, 0.717) is 12.1 Å². The van der Waals surface area contributed by atoms with Crippen molar-refractivity contribution in [2.24, 2.45) is 0 Å². The van der Waals surface area contributed by atoms with Crippen LogP contribution in [0.15, 0.2) is 35.7 Å². The third-order valence-corrected chi connectivity index (χ3v) is 3.67. The molecule has 0 bridgehead atoms. The quantitative estimate of drug-likeness (QED) is 0.877. The Labute approximate surface area is 117 Å². The molecule has 4 heteroatoms. The van der Waals surface area contributed by atoms with Gasteiger partial charge in [0.1, 0.15) is 0 Å². The first-order valence-corrected chi connectivity index (χ1v) is 7.23. The molecule has 0 aliphatic heterocycles. The van der Waals surface area contributed by atoms with Gasteiger partial charge in [-0.1, -0.05) is 12.1 Å². The molecule has 2 aromatic rings. The second-order valence-electron chi connectivity index (χ2n) is 4.34. The predicted molar refractivity (Wildman–Crippen MR) is 80.8 cm³/mol. The minimum absolute atomic E-state index is 0.0376. The minimum atomic E-state index is -0.0376. The van der Waals surface area contributed by atoms with Crippen LogP contribution in [0.3, 0.4) is 0 Å². The van der Waals surface area contributed by atoms with Gasteiger partial charge in [-0.05, 0) is 43.0 Å². The summed E-state index contributed by atoms with van der Waals surface area (Å²) in [5.74, 6) is -0.0376. The molecule has 1 amide bonds. The van der Waals surface area contributed by atoms with Gasteiger partial charge in [0.05, 0.1) is 12.1 Å². The summed E-state index contributed by atoms with van der Waals surface area (Å²) in [6.45, 7) is 5.43. The van der Waals surface area contributed by atoms with Crippen LogP contribution in [0.5, 0.6) is 0 Å². The largest absolute Gasteiger partial charge is 0.385 e.